The maximum atomic E-state index is 10.2. The minimum absolute atomic E-state index is 0.240. The zero-order valence-corrected chi connectivity index (χ0v) is 19.9. The molecule has 1 saturated carbocycles. The molecule has 0 amide bonds. The highest BCUT2D eigenvalue weighted by Crippen LogP contribution is 2.55. The van der Waals surface area contributed by atoms with Gasteiger partial charge in [0.1, 0.15) is 5.75 Å². The largest absolute Gasteiger partial charge is 0.508 e. The fourth-order valence-corrected chi connectivity index (χ4v) is 6.59. The van der Waals surface area contributed by atoms with E-state index >= 15 is 0 Å². The minimum atomic E-state index is -0.495. The van der Waals surface area contributed by atoms with Gasteiger partial charge in [0.25, 0.3) is 0 Å². The molecule has 7 atom stereocenters. The van der Waals surface area contributed by atoms with Crippen molar-refractivity contribution in [1.82, 2.24) is 0 Å². The molecular weight excluding hydrogens is 389 g/mol. The van der Waals surface area contributed by atoms with Crippen LogP contribution in [0, 0.1) is 23.7 Å². The van der Waals surface area contributed by atoms with Crippen molar-refractivity contribution in [2.45, 2.75) is 64.9 Å². The molecule has 2 aliphatic rings. The van der Waals surface area contributed by atoms with Crippen molar-refractivity contribution < 1.29 is 9.63 Å². The Morgan fingerprint density at radius 1 is 1.30 bits per heavy atom. The van der Waals surface area contributed by atoms with E-state index in [-0.39, 0.29) is 6.10 Å². The third-order valence-electron chi connectivity index (χ3n) is 6.50. The maximum absolute atomic E-state index is 10.2. The highest BCUT2D eigenvalue weighted by Gasteiger charge is 2.42. The Morgan fingerprint density at radius 2 is 2.11 bits per heavy atom. The molecule has 1 aromatic rings. The van der Waals surface area contributed by atoms with Crippen molar-refractivity contribution in [3.8, 4) is 5.75 Å². The van der Waals surface area contributed by atoms with Gasteiger partial charge in [-0.15, -0.1) is 0 Å². The first-order valence-corrected chi connectivity index (χ1v) is 14.9. The lowest BCUT2D eigenvalue weighted by Gasteiger charge is -2.31. The van der Waals surface area contributed by atoms with Gasteiger partial charge in [0, 0.05) is 0 Å². The van der Waals surface area contributed by atoms with E-state index in [0.29, 0.717) is 29.4 Å². The van der Waals surface area contributed by atoms with E-state index in [0.717, 1.165) is 19.3 Å². The van der Waals surface area contributed by atoms with Crippen LogP contribution in [0.25, 0.3) is 0 Å². The molecule has 0 saturated heterocycles. The van der Waals surface area contributed by atoms with Crippen LogP contribution < -0.4 is 0 Å². The number of benzene rings is 1. The van der Waals surface area contributed by atoms with Crippen molar-refractivity contribution in [1.29, 1.82) is 0 Å². The van der Waals surface area contributed by atoms with Crippen molar-refractivity contribution in [3.05, 3.63) is 41.5 Å². The summed E-state index contributed by atoms with van der Waals surface area (Å²) in [6, 6.07) is 6.05. The zero-order chi connectivity index (χ0) is 19.4. The highest BCUT2D eigenvalue weighted by atomic mass is 32.4. The van der Waals surface area contributed by atoms with E-state index in [4.69, 9.17) is 4.52 Å². The predicted molar refractivity (Wildman–Crippen MR) is 124 cm³/mol. The number of aromatic hydroxyl groups is 1. The van der Waals surface area contributed by atoms with Gasteiger partial charge in [0.05, 0.1) is 13.6 Å². The SMILES string of the molecule is CCCCC[C@@H](/C=C/[C@H]1[C@H](C)CC2Cc3c(O)cccc3C[C@@H]21)OP(P)P. The summed E-state index contributed by atoms with van der Waals surface area (Å²) >= 11 is 0. The summed E-state index contributed by atoms with van der Waals surface area (Å²) in [7, 11) is 5.09. The number of phenolic OH excluding ortho intramolecular Hbond substituents is 1. The minimum Gasteiger partial charge on any atom is -0.508 e. The summed E-state index contributed by atoms with van der Waals surface area (Å²) in [5, 5.41) is 10.2. The van der Waals surface area contributed by atoms with Crippen LogP contribution in [0.2, 0.25) is 0 Å². The average Bonchev–Trinajstić information content (AvgIpc) is 2.92. The third-order valence-corrected chi connectivity index (χ3v) is 7.74. The molecule has 150 valence electrons. The molecule has 2 nitrogen and oxygen atoms in total. The summed E-state index contributed by atoms with van der Waals surface area (Å²) in [4.78, 5) is 0. The Morgan fingerprint density at radius 3 is 2.85 bits per heavy atom. The van der Waals surface area contributed by atoms with Crippen LogP contribution in [0.1, 0.15) is 57.1 Å². The van der Waals surface area contributed by atoms with Crippen LogP contribution >= 0.6 is 25.4 Å². The van der Waals surface area contributed by atoms with E-state index in [9.17, 15) is 5.11 Å². The smallest absolute Gasteiger partial charge is 0.119 e. The quantitative estimate of drug-likeness (QED) is 0.280. The Labute approximate surface area is 171 Å². The topological polar surface area (TPSA) is 29.5 Å². The summed E-state index contributed by atoms with van der Waals surface area (Å²) in [5.41, 5.74) is 2.56. The molecule has 1 fully saturated rings. The van der Waals surface area contributed by atoms with Gasteiger partial charge in [-0.25, -0.2) is 0 Å². The molecule has 27 heavy (non-hydrogen) atoms. The van der Waals surface area contributed by atoms with E-state index in [1.807, 2.05) is 12.1 Å². The highest BCUT2D eigenvalue weighted by molar-refractivity contribution is 8.41. The van der Waals surface area contributed by atoms with Crippen molar-refractivity contribution in [2.24, 2.45) is 23.7 Å². The molecule has 0 spiro atoms. The first kappa shape index (κ1) is 21.7. The van der Waals surface area contributed by atoms with Gasteiger partial charge in [-0.3, -0.25) is 0 Å². The Balaban J connectivity index is 1.70. The van der Waals surface area contributed by atoms with Crippen LogP contribution in [-0.4, -0.2) is 11.2 Å². The molecular formula is C22H35O2P3. The lowest BCUT2D eigenvalue weighted by atomic mass is 9.74. The molecule has 0 radical (unpaired) electrons. The molecule has 1 aromatic carbocycles. The van der Waals surface area contributed by atoms with Crippen molar-refractivity contribution in [2.75, 3.05) is 0 Å². The standard InChI is InChI=1S/C22H35O2P3/c1-3-4-5-8-18(24-27(25)26)10-11-19-15(2)12-17-14-21-16(13-20(17)19)7-6-9-22(21)23/h6-7,9-11,15,17-20,23H,3-5,8,12-14,25-26H2,1-2H3/b11-10+/t15-,17?,18+,19+,20+/m1/s1. The normalized spacial score (nSPS) is 28.5. The monoisotopic (exact) mass is 424 g/mol. The van der Waals surface area contributed by atoms with Crippen molar-refractivity contribution >= 4 is 25.4 Å². The van der Waals surface area contributed by atoms with Crippen LogP contribution in [0.15, 0.2) is 30.4 Å². The number of fused-ring (bicyclic) bond motifs is 2. The van der Waals surface area contributed by atoms with Crippen LogP contribution in [0.5, 0.6) is 5.75 Å². The molecule has 0 bridgehead atoms. The first-order chi connectivity index (χ1) is 13.0. The molecule has 2 aliphatic carbocycles. The van der Waals surface area contributed by atoms with Gasteiger partial charge >= 0.3 is 0 Å². The van der Waals surface area contributed by atoms with E-state index in [1.165, 1.54) is 36.8 Å². The number of phenols is 1. The second kappa shape index (κ2) is 10.2. The second-order valence-electron chi connectivity index (χ2n) is 8.42. The molecule has 0 aromatic heterocycles. The van der Waals surface area contributed by atoms with Crippen molar-refractivity contribution in [3.63, 3.8) is 0 Å². The van der Waals surface area contributed by atoms with Gasteiger partial charge in [-0.1, -0.05) is 75.3 Å². The molecule has 3 unspecified atom stereocenters. The Hall–Kier alpha value is 0.0100. The van der Waals surface area contributed by atoms with Gasteiger partial charge in [-0.05, 0) is 66.5 Å². The van der Waals surface area contributed by atoms with Gasteiger partial charge in [-0.2, -0.15) is 0 Å². The molecule has 3 rings (SSSR count). The van der Waals surface area contributed by atoms with E-state index < -0.39 is 7.53 Å². The average molecular weight is 424 g/mol. The third kappa shape index (κ3) is 5.54. The van der Waals surface area contributed by atoms with Gasteiger partial charge in [0.15, 0.2) is 0 Å². The van der Waals surface area contributed by atoms with E-state index in [1.54, 1.807) is 0 Å². The Kier molecular flexibility index (Phi) is 8.17. The lowest BCUT2D eigenvalue weighted by molar-refractivity contribution is 0.266. The molecule has 5 heteroatoms. The van der Waals surface area contributed by atoms with Crippen LogP contribution in [-0.2, 0) is 17.4 Å². The molecule has 0 aliphatic heterocycles. The summed E-state index contributed by atoms with van der Waals surface area (Å²) in [5.74, 6) is 3.24. The number of rotatable bonds is 8. The van der Waals surface area contributed by atoms with Crippen LogP contribution in [0.3, 0.4) is 0 Å². The number of hydrogen-bond acceptors (Lipinski definition) is 2. The van der Waals surface area contributed by atoms with Crippen LogP contribution in [0.4, 0.5) is 0 Å². The summed E-state index contributed by atoms with van der Waals surface area (Å²) in [6.45, 7) is 4.66. The number of hydrogen-bond donors (Lipinski definition) is 1. The fraction of sp³-hybridized carbons (Fsp3) is 0.636. The van der Waals surface area contributed by atoms with Gasteiger partial charge in [0.2, 0.25) is 0 Å². The second-order valence-corrected chi connectivity index (χ2v) is 14.2. The predicted octanol–water partition coefficient (Wildman–Crippen LogP) is 6.88. The number of allylic oxidation sites excluding steroid dienone is 1. The number of unbranched alkanes of at least 4 members (excludes halogenated alkanes) is 2. The lowest BCUT2D eigenvalue weighted by Crippen LogP contribution is -2.25. The fourth-order valence-electron chi connectivity index (χ4n) is 5.17. The Bertz CT molecular complexity index is 646. The van der Waals surface area contributed by atoms with E-state index in [2.05, 4.69) is 49.9 Å². The molecule has 0 heterocycles. The maximum Gasteiger partial charge on any atom is 0.119 e. The molecule has 1 N–H and O–H groups in total. The summed E-state index contributed by atoms with van der Waals surface area (Å²) < 4.78 is 6.17. The van der Waals surface area contributed by atoms with Gasteiger partial charge < -0.3 is 9.63 Å². The summed E-state index contributed by atoms with van der Waals surface area (Å²) in [6.07, 6.45) is 13.4. The first-order valence-electron chi connectivity index (χ1n) is 10.4. The zero-order valence-electron chi connectivity index (χ0n) is 16.7.